The van der Waals surface area contributed by atoms with Crippen LogP contribution in [0.25, 0.3) is 0 Å². The third-order valence-electron chi connectivity index (χ3n) is 2.49. The average molecular weight is 358 g/mol. The van der Waals surface area contributed by atoms with E-state index in [1.54, 1.807) is 18.3 Å². The van der Waals surface area contributed by atoms with Crippen molar-refractivity contribution in [1.82, 2.24) is 14.7 Å². The summed E-state index contributed by atoms with van der Waals surface area (Å²) in [6.45, 7) is 0.0891. The number of hydrogen-bond donors (Lipinski definition) is 1. The minimum Gasteiger partial charge on any atom is -0.481 e. The van der Waals surface area contributed by atoms with Crippen LogP contribution in [0.2, 0.25) is 0 Å². The van der Waals surface area contributed by atoms with Crippen LogP contribution >= 0.6 is 15.9 Å². The number of methoxy groups -OCH3 is 1. The number of aromatic nitrogens is 2. The minimum absolute atomic E-state index is 0.0891. The Morgan fingerprint density at radius 1 is 1.40 bits per heavy atom. The summed E-state index contributed by atoms with van der Waals surface area (Å²) in [5.41, 5.74) is 0.654. The van der Waals surface area contributed by atoms with Gasteiger partial charge in [0, 0.05) is 35.2 Å². The topological polar surface area (TPSA) is 81.2 Å². The first-order chi connectivity index (χ1) is 9.53. The van der Waals surface area contributed by atoms with Gasteiger partial charge in [-0.25, -0.2) is 18.1 Å². The Bertz CT molecular complexity index is 707. The van der Waals surface area contributed by atoms with E-state index < -0.39 is 10.0 Å². The van der Waals surface area contributed by atoms with Gasteiger partial charge >= 0.3 is 0 Å². The summed E-state index contributed by atoms with van der Waals surface area (Å²) in [6, 6.07) is 4.94. The fourth-order valence-electron chi connectivity index (χ4n) is 1.54. The van der Waals surface area contributed by atoms with Crippen LogP contribution in [0.4, 0.5) is 0 Å². The van der Waals surface area contributed by atoms with Crippen LogP contribution in [0.15, 0.2) is 46.2 Å². The summed E-state index contributed by atoms with van der Waals surface area (Å²) in [4.78, 5) is 7.94. The maximum atomic E-state index is 12.1. The molecular weight excluding hydrogens is 346 g/mol. The number of nitrogens with zero attached hydrogens (tertiary/aromatic N) is 2. The molecule has 0 aliphatic carbocycles. The van der Waals surface area contributed by atoms with Crippen molar-refractivity contribution in [2.45, 2.75) is 11.4 Å². The lowest BCUT2D eigenvalue weighted by Gasteiger charge is -2.09. The lowest BCUT2D eigenvalue weighted by Crippen LogP contribution is -2.23. The lowest BCUT2D eigenvalue weighted by molar-refractivity contribution is 0.392. The Morgan fingerprint density at radius 3 is 2.90 bits per heavy atom. The van der Waals surface area contributed by atoms with Crippen LogP contribution < -0.4 is 9.46 Å². The molecule has 0 spiro atoms. The Morgan fingerprint density at radius 2 is 2.20 bits per heavy atom. The van der Waals surface area contributed by atoms with Gasteiger partial charge in [-0.3, -0.25) is 4.98 Å². The van der Waals surface area contributed by atoms with E-state index in [0.717, 1.165) is 0 Å². The first-order valence-corrected chi connectivity index (χ1v) is 7.88. The normalized spacial score (nSPS) is 11.3. The predicted octanol–water partition coefficient (Wildman–Crippen LogP) is 1.73. The Labute approximate surface area is 125 Å². The average Bonchev–Trinajstić information content (AvgIpc) is 2.45. The molecule has 0 aliphatic rings. The maximum absolute atomic E-state index is 12.1. The maximum Gasteiger partial charge on any atom is 0.242 e. The number of sulfonamides is 1. The van der Waals surface area contributed by atoms with Crippen molar-refractivity contribution in [1.29, 1.82) is 0 Å². The fraction of sp³-hybridized carbons (Fsp3) is 0.167. The number of nitrogens with one attached hydrogen (secondary N) is 1. The molecule has 0 aliphatic heterocycles. The molecule has 2 aromatic rings. The van der Waals surface area contributed by atoms with E-state index in [9.17, 15) is 8.42 Å². The summed E-state index contributed by atoms with van der Waals surface area (Å²) in [5.74, 6) is 0.391. The van der Waals surface area contributed by atoms with Crippen LogP contribution in [0, 0.1) is 0 Å². The van der Waals surface area contributed by atoms with Crippen molar-refractivity contribution in [3.05, 3.63) is 46.8 Å². The van der Waals surface area contributed by atoms with Crippen LogP contribution in [0.1, 0.15) is 5.56 Å². The number of hydrogen-bond acceptors (Lipinski definition) is 5. The molecule has 20 heavy (non-hydrogen) atoms. The molecule has 6 nitrogen and oxygen atoms in total. The molecule has 0 aromatic carbocycles. The second-order valence-electron chi connectivity index (χ2n) is 3.84. The highest BCUT2D eigenvalue weighted by Crippen LogP contribution is 2.16. The summed E-state index contributed by atoms with van der Waals surface area (Å²) in [6.07, 6.45) is 4.38. The van der Waals surface area contributed by atoms with Gasteiger partial charge in [-0.15, -0.1) is 0 Å². The molecule has 0 atom stereocenters. The van der Waals surface area contributed by atoms with E-state index >= 15 is 0 Å². The Kier molecular flexibility index (Phi) is 4.69. The summed E-state index contributed by atoms with van der Waals surface area (Å²) in [5, 5.41) is 0. The molecule has 106 valence electrons. The molecule has 0 saturated heterocycles. The largest absolute Gasteiger partial charge is 0.481 e. The highest BCUT2D eigenvalue weighted by molar-refractivity contribution is 9.10. The SMILES string of the molecule is COc1ncccc1CNS(=O)(=O)c1cncc(Br)c1. The van der Waals surface area contributed by atoms with Crippen LogP contribution in [0.5, 0.6) is 5.88 Å². The van der Waals surface area contributed by atoms with Gasteiger partial charge in [0.1, 0.15) is 4.90 Å². The van der Waals surface area contributed by atoms with Gasteiger partial charge in [0.25, 0.3) is 0 Å². The standard InChI is InChI=1S/C12H12BrN3O3S/c1-19-12-9(3-2-4-15-12)6-16-20(17,18)11-5-10(13)7-14-8-11/h2-5,7-8,16H,6H2,1H3. The van der Waals surface area contributed by atoms with Gasteiger partial charge in [0.15, 0.2) is 0 Å². The van der Waals surface area contributed by atoms with Crippen molar-refractivity contribution in [2.24, 2.45) is 0 Å². The zero-order valence-electron chi connectivity index (χ0n) is 10.6. The second kappa shape index (κ2) is 6.29. The predicted molar refractivity (Wildman–Crippen MR) is 76.8 cm³/mol. The van der Waals surface area contributed by atoms with Gasteiger partial charge < -0.3 is 4.74 Å². The van der Waals surface area contributed by atoms with Gasteiger partial charge in [-0.05, 0) is 28.1 Å². The van der Waals surface area contributed by atoms with E-state index in [1.165, 1.54) is 25.6 Å². The third kappa shape index (κ3) is 3.53. The molecule has 0 fully saturated rings. The molecule has 2 rings (SSSR count). The second-order valence-corrected chi connectivity index (χ2v) is 6.52. The van der Waals surface area contributed by atoms with Crippen molar-refractivity contribution in [3.63, 3.8) is 0 Å². The lowest BCUT2D eigenvalue weighted by atomic mass is 10.3. The number of rotatable bonds is 5. The van der Waals surface area contributed by atoms with Crippen molar-refractivity contribution in [2.75, 3.05) is 7.11 Å². The zero-order valence-corrected chi connectivity index (χ0v) is 13.0. The molecule has 2 heterocycles. The molecule has 0 bridgehead atoms. The van der Waals surface area contributed by atoms with E-state index in [2.05, 4.69) is 30.6 Å². The highest BCUT2D eigenvalue weighted by atomic mass is 79.9. The number of pyridine rings is 2. The van der Waals surface area contributed by atoms with Crippen molar-refractivity contribution >= 4 is 26.0 Å². The molecule has 8 heteroatoms. The highest BCUT2D eigenvalue weighted by Gasteiger charge is 2.15. The number of halogens is 1. The molecule has 0 saturated carbocycles. The van der Waals surface area contributed by atoms with Gasteiger partial charge in [0.2, 0.25) is 15.9 Å². The van der Waals surface area contributed by atoms with Crippen LogP contribution in [-0.2, 0) is 16.6 Å². The molecule has 0 unspecified atom stereocenters. The molecular formula is C12H12BrN3O3S. The van der Waals surface area contributed by atoms with Crippen LogP contribution in [0.3, 0.4) is 0 Å². The quantitative estimate of drug-likeness (QED) is 0.880. The summed E-state index contributed by atoms with van der Waals surface area (Å²) >= 11 is 3.19. The van der Waals surface area contributed by atoms with Gasteiger partial charge in [-0.1, -0.05) is 6.07 Å². The first kappa shape index (κ1) is 14.9. The summed E-state index contributed by atoms with van der Waals surface area (Å²) in [7, 11) is -2.15. The first-order valence-electron chi connectivity index (χ1n) is 5.61. The molecule has 0 radical (unpaired) electrons. The smallest absolute Gasteiger partial charge is 0.242 e. The van der Waals surface area contributed by atoms with Crippen molar-refractivity contribution in [3.8, 4) is 5.88 Å². The third-order valence-corrected chi connectivity index (χ3v) is 4.29. The number of ether oxygens (including phenoxy) is 1. The van der Waals surface area contributed by atoms with E-state index in [-0.39, 0.29) is 11.4 Å². The zero-order chi connectivity index (χ0) is 14.6. The van der Waals surface area contributed by atoms with Crippen LogP contribution in [-0.4, -0.2) is 25.5 Å². The van der Waals surface area contributed by atoms with Gasteiger partial charge in [0.05, 0.1) is 7.11 Å². The minimum atomic E-state index is -3.63. The fourth-order valence-corrected chi connectivity index (χ4v) is 3.05. The van der Waals surface area contributed by atoms with Gasteiger partial charge in [-0.2, -0.15) is 0 Å². The molecule has 2 aromatic heterocycles. The van der Waals surface area contributed by atoms with E-state index in [4.69, 9.17) is 4.74 Å². The van der Waals surface area contributed by atoms with Crippen molar-refractivity contribution < 1.29 is 13.2 Å². The Hall–Kier alpha value is -1.51. The molecule has 1 N–H and O–H groups in total. The monoisotopic (exact) mass is 357 g/mol. The summed E-state index contributed by atoms with van der Waals surface area (Å²) < 4.78 is 32.4. The van der Waals surface area contributed by atoms with E-state index in [0.29, 0.717) is 15.9 Å². The molecule has 0 amide bonds. The Balaban J connectivity index is 2.17. The van der Waals surface area contributed by atoms with E-state index in [1.807, 2.05) is 0 Å².